The molecule has 0 aromatic carbocycles. The summed E-state index contributed by atoms with van der Waals surface area (Å²) in [6.45, 7) is 11.9. The van der Waals surface area contributed by atoms with Gasteiger partial charge in [0.25, 0.3) is 0 Å². The minimum atomic E-state index is -4.96. The Hall–Kier alpha value is -1.94. The summed E-state index contributed by atoms with van der Waals surface area (Å²) < 4.78 is 68.6. The van der Waals surface area contributed by atoms with E-state index in [0.29, 0.717) is 25.7 Å². The molecule has 0 saturated heterocycles. The predicted molar refractivity (Wildman–Crippen MR) is 400 cm³/mol. The van der Waals surface area contributed by atoms with Crippen molar-refractivity contribution in [2.45, 2.75) is 426 Å². The highest BCUT2D eigenvalue weighted by Crippen LogP contribution is 2.45. The van der Waals surface area contributed by atoms with Crippen molar-refractivity contribution in [1.82, 2.24) is 0 Å². The molecule has 0 fully saturated rings. The van der Waals surface area contributed by atoms with Crippen molar-refractivity contribution in [3.63, 3.8) is 0 Å². The topological polar surface area (TPSA) is 237 Å². The molecule has 5 atom stereocenters. The fourth-order valence-corrected chi connectivity index (χ4v) is 13.7. The first-order chi connectivity index (χ1) is 47.2. The van der Waals surface area contributed by atoms with Crippen molar-refractivity contribution in [3.8, 4) is 0 Å². The van der Waals surface area contributed by atoms with Gasteiger partial charge >= 0.3 is 39.5 Å². The van der Waals surface area contributed by atoms with Gasteiger partial charge in [0.1, 0.15) is 19.3 Å². The number of phosphoric acid groups is 2. The Morgan fingerprint density at radius 2 is 0.469 bits per heavy atom. The zero-order chi connectivity index (χ0) is 72.3. The number of hydrogen-bond acceptors (Lipinski definition) is 15. The Bertz CT molecular complexity index is 1900. The van der Waals surface area contributed by atoms with Crippen LogP contribution in [0, 0.1) is 17.8 Å². The molecule has 0 aliphatic carbocycles. The average Bonchev–Trinajstić information content (AvgIpc) is 1.28. The molecule has 0 amide bonds. The fourth-order valence-electron chi connectivity index (χ4n) is 12.1. The molecule has 0 aromatic rings. The number of ether oxygens (including phenoxy) is 4. The van der Waals surface area contributed by atoms with Gasteiger partial charge in [-0.3, -0.25) is 37.3 Å². The maximum Gasteiger partial charge on any atom is 0.472 e. The summed E-state index contributed by atoms with van der Waals surface area (Å²) in [5.74, 6) is 0.192. The first kappa shape index (κ1) is 96.1. The largest absolute Gasteiger partial charge is 0.472 e. The summed E-state index contributed by atoms with van der Waals surface area (Å²) >= 11 is 0. The number of hydrogen-bond donors (Lipinski definition) is 3. The Labute approximate surface area is 600 Å². The van der Waals surface area contributed by atoms with E-state index < -0.39 is 97.5 Å². The van der Waals surface area contributed by atoms with E-state index in [9.17, 15) is 43.2 Å². The molecule has 582 valence electrons. The predicted octanol–water partition coefficient (Wildman–Crippen LogP) is 23.4. The molecule has 19 heteroatoms. The normalized spacial score (nSPS) is 14.0. The summed E-state index contributed by atoms with van der Waals surface area (Å²) in [5, 5.41) is 10.6. The van der Waals surface area contributed by atoms with Gasteiger partial charge in [0.2, 0.25) is 0 Å². The van der Waals surface area contributed by atoms with Crippen LogP contribution in [-0.4, -0.2) is 96.7 Å². The molecule has 3 N–H and O–H groups in total. The number of aliphatic hydroxyl groups is 1. The average molecular weight is 1440 g/mol. The summed E-state index contributed by atoms with van der Waals surface area (Å²) in [7, 11) is -9.92. The molecule has 98 heavy (non-hydrogen) atoms. The molecule has 0 rings (SSSR count). The lowest BCUT2D eigenvalue weighted by atomic mass is 10.0. The maximum atomic E-state index is 13.1. The van der Waals surface area contributed by atoms with Crippen molar-refractivity contribution in [3.05, 3.63) is 0 Å². The molecule has 0 radical (unpaired) electrons. The molecule has 0 bridgehead atoms. The molecule has 17 nitrogen and oxygen atoms in total. The fraction of sp³-hybridized carbons (Fsp3) is 0.949. The summed E-state index contributed by atoms with van der Waals surface area (Å²) in [4.78, 5) is 72.9. The van der Waals surface area contributed by atoms with Crippen LogP contribution in [0.5, 0.6) is 0 Å². The molecule has 0 heterocycles. The third-order valence-corrected chi connectivity index (χ3v) is 20.3. The van der Waals surface area contributed by atoms with Crippen LogP contribution < -0.4 is 0 Å². The lowest BCUT2D eigenvalue weighted by Crippen LogP contribution is -2.30. The van der Waals surface area contributed by atoms with Crippen molar-refractivity contribution in [2.24, 2.45) is 17.8 Å². The molecule has 0 aliphatic heterocycles. The highest BCUT2D eigenvalue weighted by Gasteiger charge is 2.30. The Balaban J connectivity index is 5.22. The summed E-state index contributed by atoms with van der Waals surface area (Å²) in [6.07, 6.45) is 56.9. The molecular weight excluding hydrogens is 1280 g/mol. The van der Waals surface area contributed by atoms with E-state index in [0.717, 1.165) is 108 Å². The van der Waals surface area contributed by atoms with E-state index in [2.05, 4.69) is 48.5 Å². The van der Waals surface area contributed by atoms with Gasteiger partial charge in [-0.15, -0.1) is 0 Å². The van der Waals surface area contributed by atoms with Crippen LogP contribution in [0.15, 0.2) is 0 Å². The molecule has 0 spiro atoms. The van der Waals surface area contributed by atoms with Gasteiger partial charge in [-0.05, 0) is 43.4 Å². The number of aliphatic hydroxyl groups excluding tert-OH is 1. The number of esters is 4. The van der Waals surface area contributed by atoms with E-state index in [1.807, 2.05) is 0 Å². The second-order valence-corrected chi connectivity index (χ2v) is 32.8. The lowest BCUT2D eigenvalue weighted by Gasteiger charge is -2.21. The van der Waals surface area contributed by atoms with Crippen molar-refractivity contribution in [1.29, 1.82) is 0 Å². The Morgan fingerprint density at radius 3 is 0.694 bits per heavy atom. The smallest absolute Gasteiger partial charge is 0.462 e. The zero-order valence-electron chi connectivity index (χ0n) is 64.3. The number of unbranched alkanes of at least 4 members (excludes halogenated alkanes) is 45. The minimum Gasteiger partial charge on any atom is -0.462 e. The van der Waals surface area contributed by atoms with Crippen molar-refractivity contribution in [2.75, 3.05) is 39.6 Å². The van der Waals surface area contributed by atoms with Crippen LogP contribution >= 0.6 is 15.6 Å². The SMILES string of the molecule is CCCCCCCCCCCCCCCC(=O)O[C@H](COC(=O)CCCCCCCCCCC(C)C)COP(=O)(O)OC[C@H](O)COP(=O)(O)OC[C@@H](COC(=O)CCCCCCCCCCCCC(C)C)OC(=O)CCCCCCCCCCCCCCCCCCCCC(C)C. The van der Waals surface area contributed by atoms with E-state index in [1.165, 1.54) is 218 Å². The van der Waals surface area contributed by atoms with Gasteiger partial charge in [-0.25, -0.2) is 9.13 Å². The molecule has 0 saturated carbocycles. The van der Waals surface area contributed by atoms with Gasteiger partial charge < -0.3 is 33.8 Å². The Morgan fingerprint density at radius 1 is 0.276 bits per heavy atom. The molecule has 0 aromatic heterocycles. The minimum absolute atomic E-state index is 0.107. The Kier molecular flexibility index (Phi) is 68.1. The second-order valence-electron chi connectivity index (χ2n) is 29.9. The van der Waals surface area contributed by atoms with Crippen LogP contribution in [0.2, 0.25) is 0 Å². The highest BCUT2D eigenvalue weighted by molar-refractivity contribution is 7.47. The van der Waals surface area contributed by atoms with E-state index >= 15 is 0 Å². The number of rotatable bonds is 77. The third kappa shape index (κ3) is 72.4. The van der Waals surface area contributed by atoms with Crippen LogP contribution in [0.3, 0.4) is 0 Å². The number of carbonyl (C=O) groups is 4. The first-order valence-corrected chi connectivity index (χ1v) is 43.8. The summed E-state index contributed by atoms with van der Waals surface area (Å²) in [6, 6.07) is 0. The number of carbonyl (C=O) groups excluding carboxylic acids is 4. The van der Waals surface area contributed by atoms with Gasteiger partial charge in [0.15, 0.2) is 12.2 Å². The lowest BCUT2D eigenvalue weighted by molar-refractivity contribution is -0.161. The molecule has 0 aliphatic rings. The highest BCUT2D eigenvalue weighted by atomic mass is 31.2. The van der Waals surface area contributed by atoms with E-state index in [4.69, 9.17) is 37.0 Å². The van der Waals surface area contributed by atoms with Crippen molar-refractivity contribution >= 4 is 39.5 Å². The van der Waals surface area contributed by atoms with Crippen LogP contribution in [0.4, 0.5) is 0 Å². The van der Waals surface area contributed by atoms with E-state index in [1.54, 1.807) is 0 Å². The molecule has 2 unspecified atom stereocenters. The van der Waals surface area contributed by atoms with Crippen LogP contribution in [0.1, 0.15) is 408 Å². The summed E-state index contributed by atoms with van der Waals surface area (Å²) in [5.41, 5.74) is 0. The number of phosphoric ester groups is 2. The molecular formula is C79H154O17P2. The zero-order valence-corrected chi connectivity index (χ0v) is 66.0. The maximum absolute atomic E-state index is 13.1. The quantitative estimate of drug-likeness (QED) is 0.0222. The van der Waals surface area contributed by atoms with Gasteiger partial charge in [0.05, 0.1) is 26.4 Å². The van der Waals surface area contributed by atoms with Gasteiger partial charge in [0, 0.05) is 25.7 Å². The monoisotopic (exact) mass is 1440 g/mol. The van der Waals surface area contributed by atoms with E-state index in [-0.39, 0.29) is 25.7 Å². The van der Waals surface area contributed by atoms with Gasteiger partial charge in [-0.2, -0.15) is 0 Å². The van der Waals surface area contributed by atoms with Crippen LogP contribution in [0.25, 0.3) is 0 Å². The third-order valence-electron chi connectivity index (χ3n) is 18.4. The van der Waals surface area contributed by atoms with Crippen molar-refractivity contribution < 1.29 is 80.2 Å². The first-order valence-electron chi connectivity index (χ1n) is 40.8. The van der Waals surface area contributed by atoms with Crippen LogP contribution in [-0.2, 0) is 65.4 Å². The second kappa shape index (κ2) is 69.4. The van der Waals surface area contributed by atoms with Gasteiger partial charge in [-0.1, -0.05) is 357 Å². The standard InChI is InChI=1S/C79H154O17P2/c1-8-9-10-11-12-13-14-21-25-32-41-48-55-62-78(83)96-75(67-90-77(82)61-54-47-40-35-34-38-45-52-59-72(6)7)69-94-98(87,88)92-65-73(80)64-91-97(85,86)93-68-74(66-89-76(81)60-53-46-39-31-28-27-30-37-44-51-58-71(4)5)95-79(84)63-56-49-42-33-26-23-20-18-16-15-17-19-22-24-29-36-43-50-57-70(2)3/h70-75,80H,8-69H2,1-7H3,(H,85,86)(H,87,88)/t73-,74-,75-/m1/s1.